The summed E-state index contributed by atoms with van der Waals surface area (Å²) in [5, 5.41) is 3.05. The second-order valence-electron chi connectivity index (χ2n) is 11.6. The van der Waals surface area contributed by atoms with Crippen LogP contribution in [-0.4, -0.2) is 64.6 Å². The smallest absolute Gasteiger partial charge is 0.264 e. The summed E-state index contributed by atoms with van der Waals surface area (Å²) in [6.07, 6.45) is 0.910. The van der Waals surface area contributed by atoms with E-state index in [0.29, 0.717) is 24.5 Å². The van der Waals surface area contributed by atoms with Crippen LogP contribution >= 0.6 is 15.9 Å². The fraction of sp³-hybridized carbons (Fsp3) is 0.316. The number of rotatable bonds is 17. The Morgan fingerprint density at radius 1 is 0.840 bits per heavy atom. The van der Waals surface area contributed by atoms with Gasteiger partial charge in [0, 0.05) is 29.5 Å². The van der Waals surface area contributed by atoms with Crippen molar-refractivity contribution in [2.75, 3.05) is 31.7 Å². The molecular weight excluding hydrogens is 722 g/mol. The highest BCUT2D eigenvalue weighted by molar-refractivity contribution is 9.10. The maximum absolute atomic E-state index is 14.7. The van der Waals surface area contributed by atoms with E-state index in [0.717, 1.165) is 19.9 Å². The van der Waals surface area contributed by atoms with Crippen LogP contribution in [0.4, 0.5) is 5.69 Å². The van der Waals surface area contributed by atoms with E-state index in [1.807, 2.05) is 75.4 Å². The monoisotopic (exact) mass is 765 g/mol. The lowest BCUT2D eigenvalue weighted by atomic mass is 10.0. The largest absolute Gasteiger partial charge is 0.494 e. The number of nitrogens with zero attached hydrogens (tertiary/aromatic N) is 2. The molecule has 10 nitrogen and oxygen atoms in total. The molecule has 0 aromatic heterocycles. The molecule has 2 amide bonds. The molecule has 0 heterocycles. The average molecular weight is 767 g/mol. The number of anilines is 1. The Kier molecular flexibility index (Phi) is 13.7. The van der Waals surface area contributed by atoms with E-state index in [4.69, 9.17) is 14.2 Å². The van der Waals surface area contributed by atoms with Gasteiger partial charge in [0.05, 0.1) is 31.4 Å². The number of amides is 2. The van der Waals surface area contributed by atoms with Crippen LogP contribution in [0, 0.1) is 0 Å². The number of hydrogen-bond acceptors (Lipinski definition) is 7. The summed E-state index contributed by atoms with van der Waals surface area (Å²) in [6, 6.07) is 26.5. The highest BCUT2D eigenvalue weighted by Crippen LogP contribution is 2.33. The Balaban J connectivity index is 1.84. The lowest BCUT2D eigenvalue weighted by molar-refractivity contribution is -0.140. The third-order valence-electron chi connectivity index (χ3n) is 8.17. The van der Waals surface area contributed by atoms with Crippen molar-refractivity contribution in [2.24, 2.45) is 0 Å². The molecule has 50 heavy (non-hydrogen) atoms. The van der Waals surface area contributed by atoms with Gasteiger partial charge in [-0.2, -0.15) is 0 Å². The summed E-state index contributed by atoms with van der Waals surface area (Å²) in [7, 11) is -1.50. The summed E-state index contributed by atoms with van der Waals surface area (Å²) in [4.78, 5) is 30.1. The summed E-state index contributed by atoms with van der Waals surface area (Å²) >= 11 is 3.51. The maximum Gasteiger partial charge on any atom is 0.264 e. The fourth-order valence-corrected chi connectivity index (χ4v) is 7.21. The van der Waals surface area contributed by atoms with Crippen LogP contribution in [-0.2, 0) is 32.6 Å². The van der Waals surface area contributed by atoms with E-state index < -0.39 is 28.5 Å². The summed E-state index contributed by atoms with van der Waals surface area (Å²) in [5.74, 6) is 0.218. The van der Waals surface area contributed by atoms with E-state index in [2.05, 4.69) is 21.2 Å². The van der Waals surface area contributed by atoms with Crippen LogP contribution in [0.3, 0.4) is 0 Å². The van der Waals surface area contributed by atoms with Gasteiger partial charge in [0.1, 0.15) is 18.3 Å². The molecule has 0 radical (unpaired) electrons. The number of benzene rings is 4. The number of sulfonamides is 1. The fourth-order valence-electron chi connectivity index (χ4n) is 5.34. The molecule has 0 unspecified atom stereocenters. The molecule has 4 aromatic rings. The minimum atomic E-state index is -4.37. The molecule has 4 aromatic carbocycles. The first-order valence-electron chi connectivity index (χ1n) is 16.4. The van der Waals surface area contributed by atoms with Crippen LogP contribution in [0.5, 0.6) is 17.2 Å². The number of hydrogen-bond donors (Lipinski definition) is 1. The highest BCUT2D eigenvalue weighted by atomic mass is 79.9. The number of carbonyl (C=O) groups excluding carboxylic acids is 2. The molecule has 0 aliphatic heterocycles. The normalized spacial score (nSPS) is 12.4. The number of nitrogens with one attached hydrogen (secondary N) is 1. The van der Waals surface area contributed by atoms with Gasteiger partial charge in [0.15, 0.2) is 11.5 Å². The molecule has 0 saturated carbocycles. The van der Waals surface area contributed by atoms with E-state index >= 15 is 0 Å². The molecule has 266 valence electrons. The van der Waals surface area contributed by atoms with Crippen molar-refractivity contribution in [3.05, 3.63) is 113 Å². The van der Waals surface area contributed by atoms with Gasteiger partial charge in [-0.15, -0.1) is 0 Å². The number of halogens is 1. The van der Waals surface area contributed by atoms with Crippen molar-refractivity contribution in [2.45, 2.75) is 57.1 Å². The van der Waals surface area contributed by atoms with Gasteiger partial charge in [-0.25, -0.2) is 8.42 Å². The first-order chi connectivity index (χ1) is 24.0. The SMILES string of the molecule is CCOc1ccc(N(CC(=O)N(Cc2cccc(Br)c2)[C@@H](Cc2ccccc2)C(=O)N[C@@H](C)CC)S(=O)(=O)c2ccc(OC)c(OC)c2)cc1. The predicted octanol–water partition coefficient (Wildman–Crippen LogP) is 6.62. The minimum Gasteiger partial charge on any atom is -0.494 e. The van der Waals surface area contributed by atoms with Crippen molar-refractivity contribution in [1.82, 2.24) is 10.2 Å². The van der Waals surface area contributed by atoms with E-state index in [1.165, 1.54) is 37.3 Å². The zero-order valence-electron chi connectivity index (χ0n) is 29.0. The topological polar surface area (TPSA) is 114 Å². The summed E-state index contributed by atoms with van der Waals surface area (Å²) in [5.41, 5.74) is 1.85. The molecule has 12 heteroatoms. The van der Waals surface area contributed by atoms with Gasteiger partial charge in [0.25, 0.3) is 10.0 Å². The number of ether oxygens (including phenoxy) is 3. The number of methoxy groups -OCH3 is 2. The van der Waals surface area contributed by atoms with Gasteiger partial charge in [-0.3, -0.25) is 13.9 Å². The molecule has 0 spiro atoms. The quantitative estimate of drug-likeness (QED) is 0.129. The van der Waals surface area contributed by atoms with E-state index in [1.54, 1.807) is 24.3 Å². The second-order valence-corrected chi connectivity index (χ2v) is 14.4. The van der Waals surface area contributed by atoms with E-state index in [-0.39, 0.29) is 41.2 Å². The van der Waals surface area contributed by atoms with Gasteiger partial charge in [0.2, 0.25) is 11.8 Å². The highest BCUT2D eigenvalue weighted by Gasteiger charge is 2.35. The Bertz CT molecular complexity index is 1840. The van der Waals surface area contributed by atoms with Crippen LogP contribution in [0.2, 0.25) is 0 Å². The maximum atomic E-state index is 14.7. The lowest BCUT2D eigenvalue weighted by Gasteiger charge is -2.34. The third-order valence-corrected chi connectivity index (χ3v) is 10.4. The van der Waals surface area contributed by atoms with Crippen LogP contribution in [0.15, 0.2) is 106 Å². The van der Waals surface area contributed by atoms with Crippen molar-refractivity contribution in [1.29, 1.82) is 0 Å². The molecule has 0 aliphatic rings. The molecule has 0 aliphatic carbocycles. The third kappa shape index (κ3) is 9.79. The van der Waals surface area contributed by atoms with Crippen LogP contribution in [0.25, 0.3) is 0 Å². The second kappa shape index (κ2) is 17.9. The Morgan fingerprint density at radius 3 is 2.14 bits per heavy atom. The zero-order chi connectivity index (χ0) is 36.3. The lowest BCUT2D eigenvalue weighted by Crippen LogP contribution is -2.54. The summed E-state index contributed by atoms with van der Waals surface area (Å²) in [6.45, 7) is 5.61. The van der Waals surface area contributed by atoms with Gasteiger partial charge in [-0.05, 0) is 79.9 Å². The van der Waals surface area contributed by atoms with Crippen LogP contribution < -0.4 is 23.8 Å². The molecule has 4 rings (SSSR count). The first-order valence-corrected chi connectivity index (χ1v) is 18.6. The van der Waals surface area contributed by atoms with E-state index in [9.17, 15) is 18.0 Å². The first kappa shape index (κ1) is 38.3. The molecule has 1 N–H and O–H groups in total. The van der Waals surface area contributed by atoms with Crippen molar-refractivity contribution in [3.8, 4) is 17.2 Å². The molecule has 2 atom stereocenters. The standard InChI is InChI=1S/C38H44BrN3O7S/c1-6-27(3)40-38(44)34(23-28-12-9-8-10-13-28)41(25-29-14-11-15-30(39)22-29)37(43)26-42(31-16-18-32(19-17-31)49-7-2)50(45,46)33-20-21-35(47-4)36(24-33)48-5/h8-22,24,27,34H,6-7,23,25-26H2,1-5H3,(H,40,44)/t27-,34-/m0/s1. The van der Waals surface area contributed by atoms with Gasteiger partial charge < -0.3 is 24.4 Å². The molecule has 0 fully saturated rings. The zero-order valence-corrected chi connectivity index (χ0v) is 31.4. The van der Waals surface area contributed by atoms with Gasteiger partial charge >= 0.3 is 0 Å². The average Bonchev–Trinajstić information content (AvgIpc) is 3.12. The summed E-state index contributed by atoms with van der Waals surface area (Å²) < 4.78 is 47.2. The Labute approximate surface area is 303 Å². The van der Waals surface area contributed by atoms with Crippen molar-refractivity contribution in [3.63, 3.8) is 0 Å². The van der Waals surface area contributed by atoms with Crippen molar-refractivity contribution < 1.29 is 32.2 Å². The minimum absolute atomic E-state index is 0.0528. The Hall–Kier alpha value is -4.55. The molecule has 0 saturated heterocycles. The van der Waals surface area contributed by atoms with Crippen molar-refractivity contribution >= 4 is 43.5 Å². The van der Waals surface area contributed by atoms with Gasteiger partial charge in [-0.1, -0.05) is 65.3 Å². The Morgan fingerprint density at radius 2 is 1.52 bits per heavy atom. The molecular formula is C38H44BrN3O7S. The van der Waals surface area contributed by atoms with Crippen LogP contribution in [0.1, 0.15) is 38.3 Å². The predicted molar refractivity (Wildman–Crippen MR) is 198 cm³/mol. The molecule has 0 bridgehead atoms. The number of carbonyl (C=O) groups is 2.